The highest BCUT2D eigenvalue weighted by molar-refractivity contribution is 8.00. The topological polar surface area (TPSA) is 54.9 Å². The lowest BCUT2D eigenvalue weighted by molar-refractivity contribution is 1.21. The number of aromatic nitrogens is 3. The minimum atomic E-state index is -0.238. The van der Waals surface area contributed by atoms with E-state index >= 15 is 0 Å². The van der Waals surface area contributed by atoms with E-state index in [4.69, 9.17) is 15.0 Å². The molecule has 0 saturated heterocycles. The molecule has 16 aromatic rings. The molecule has 0 saturated carbocycles. The first kappa shape index (κ1) is 60.7. The molecular weight excluding hydrogens is 1280 g/mol. The van der Waals surface area contributed by atoms with Crippen molar-refractivity contribution in [2.75, 3.05) is 24.5 Å². The minimum absolute atomic E-state index is 0.210. The van der Waals surface area contributed by atoms with Gasteiger partial charge in [0, 0.05) is 113 Å². The van der Waals surface area contributed by atoms with E-state index in [9.17, 15) is 0 Å². The SMILES string of the molecule is c1ccc(-c2cccc(-c3ccccn3)c2N2c3cc4c(cc3B3c5ccccc5N(c5ccccc5)c5cc(N(c6ccccc6)c6ccccc6)cc2c53)B2c3ccccc3N(c3ccccc3-c3ccccn3)c3cc(N(c5ccccc5)c5ccccc5-c5ccccn5)cc(c32)S4)cc1. The molecule has 0 spiro atoms. The summed E-state index contributed by atoms with van der Waals surface area (Å²) in [7, 11) is 0. The van der Waals surface area contributed by atoms with Crippen molar-refractivity contribution in [2.45, 2.75) is 9.79 Å². The second-order valence-corrected chi connectivity index (χ2v) is 27.7. The first-order chi connectivity index (χ1) is 51.7. The molecule has 0 unspecified atom stereocenters. The number of nitrogens with zero attached hydrogens (tertiary/aromatic N) is 8. The molecule has 0 N–H and O–H groups in total. The van der Waals surface area contributed by atoms with Crippen LogP contribution >= 0.6 is 11.8 Å². The van der Waals surface area contributed by atoms with E-state index in [2.05, 4.69) is 364 Å². The highest BCUT2D eigenvalue weighted by atomic mass is 32.2. The zero-order valence-corrected chi connectivity index (χ0v) is 57.3. The normalized spacial score (nSPS) is 12.7. The molecule has 0 atom stereocenters. The quantitative estimate of drug-likeness (QED) is 0.105. The molecule has 0 radical (unpaired) electrons. The fourth-order valence-corrected chi connectivity index (χ4v) is 17.7. The van der Waals surface area contributed by atoms with Crippen molar-refractivity contribution in [1.29, 1.82) is 0 Å². The average Bonchev–Trinajstić information content (AvgIpc) is 0.685. The Bertz CT molecular complexity index is 5850. The van der Waals surface area contributed by atoms with Gasteiger partial charge in [0.2, 0.25) is 6.71 Å². The first-order valence-electron chi connectivity index (χ1n) is 35.4. The van der Waals surface area contributed by atoms with Gasteiger partial charge in [0.25, 0.3) is 6.71 Å². The Kier molecular flexibility index (Phi) is 14.9. The van der Waals surface area contributed by atoms with Gasteiger partial charge in [-0.3, -0.25) is 15.0 Å². The number of benzene rings is 13. The average molecular weight is 1350 g/mol. The molecule has 4 aliphatic heterocycles. The zero-order valence-electron chi connectivity index (χ0n) is 56.4. The van der Waals surface area contributed by atoms with Crippen LogP contribution in [-0.2, 0) is 0 Å². The fraction of sp³-hybridized carbons (Fsp3) is 0. The molecule has 3 aromatic heterocycles. The summed E-state index contributed by atoms with van der Waals surface area (Å²) >= 11 is 1.88. The molecule has 486 valence electrons. The van der Waals surface area contributed by atoms with Gasteiger partial charge < -0.3 is 24.5 Å². The van der Waals surface area contributed by atoms with E-state index < -0.39 is 0 Å². The van der Waals surface area contributed by atoms with Gasteiger partial charge in [0.05, 0.1) is 39.8 Å². The molecule has 20 rings (SSSR count). The van der Waals surface area contributed by atoms with E-state index in [-0.39, 0.29) is 13.4 Å². The Morgan fingerprint density at radius 3 is 1.33 bits per heavy atom. The molecule has 8 nitrogen and oxygen atoms in total. The maximum atomic E-state index is 5.25. The maximum absolute atomic E-state index is 5.25. The van der Waals surface area contributed by atoms with E-state index in [1.54, 1.807) is 0 Å². The van der Waals surface area contributed by atoms with Gasteiger partial charge in [0.1, 0.15) is 0 Å². The lowest BCUT2D eigenvalue weighted by atomic mass is 9.31. The van der Waals surface area contributed by atoms with E-state index in [1.165, 1.54) is 37.7 Å². The smallest absolute Gasteiger partial charge is 0.252 e. The van der Waals surface area contributed by atoms with Crippen molar-refractivity contribution in [1.82, 2.24) is 15.0 Å². The van der Waals surface area contributed by atoms with Crippen molar-refractivity contribution in [3.63, 3.8) is 0 Å². The van der Waals surface area contributed by atoms with Crippen LogP contribution in [0.5, 0.6) is 0 Å². The summed E-state index contributed by atoms with van der Waals surface area (Å²) in [6.45, 7) is -0.448. The lowest BCUT2D eigenvalue weighted by Crippen LogP contribution is -2.64. The second-order valence-electron chi connectivity index (χ2n) is 26.6. The highest BCUT2D eigenvalue weighted by Gasteiger charge is 2.48. The van der Waals surface area contributed by atoms with Crippen molar-refractivity contribution < 1.29 is 0 Å². The predicted octanol–water partition coefficient (Wildman–Crippen LogP) is 20.3. The number of pyridine rings is 3. The summed E-state index contributed by atoms with van der Waals surface area (Å²) in [6, 6.07) is 131. The van der Waals surface area contributed by atoms with Crippen LogP contribution in [0, 0.1) is 0 Å². The van der Waals surface area contributed by atoms with Crippen molar-refractivity contribution in [3.8, 4) is 44.9 Å². The summed E-state index contributed by atoms with van der Waals surface area (Å²) in [6.07, 6.45) is 5.71. The van der Waals surface area contributed by atoms with Gasteiger partial charge in [-0.1, -0.05) is 236 Å². The molecule has 13 aromatic carbocycles. The van der Waals surface area contributed by atoms with E-state index in [0.29, 0.717) is 0 Å². The van der Waals surface area contributed by atoms with Crippen molar-refractivity contribution in [2.24, 2.45) is 0 Å². The minimum Gasteiger partial charge on any atom is -0.311 e. The maximum Gasteiger partial charge on any atom is 0.252 e. The number of hydrogen-bond acceptors (Lipinski definition) is 9. The van der Waals surface area contributed by atoms with Crippen LogP contribution in [0.1, 0.15) is 0 Å². The Balaban J connectivity index is 0.909. The van der Waals surface area contributed by atoms with Crippen LogP contribution in [0.4, 0.5) is 85.3 Å². The third kappa shape index (κ3) is 10.1. The Morgan fingerprint density at radius 2 is 0.712 bits per heavy atom. The number of fused-ring (bicyclic) bond motifs is 8. The van der Waals surface area contributed by atoms with Crippen LogP contribution in [0.2, 0.25) is 0 Å². The predicted molar refractivity (Wildman–Crippen MR) is 435 cm³/mol. The largest absolute Gasteiger partial charge is 0.311 e. The molecule has 104 heavy (non-hydrogen) atoms. The molecule has 0 aliphatic carbocycles. The van der Waals surface area contributed by atoms with Crippen LogP contribution in [0.15, 0.2) is 386 Å². The third-order valence-electron chi connectivity index (χ3n) is 20.8. The zero-order chi connectivity index (χ0) is 68.6. The summed E-state index contributed by atoms with van der Waals surface area (Å²) in [5.74, 6) is 0. The van der Waals surface area contributed by atoms with Crippen molar-refractivity contribution in [3.05, 3.63) is 377 Å². The second kappa shape index (κ2) is 25.4. The molecule has 0 bridgehead atoms. The van der Waals surface area contributed by atoms with Crippen LogP contribution in [0.25, 0.3) is 44.9 Å². The summed E-state index contributed by atoms with van der Waals surface area (Å²) in [5.41, 5.74) is 31.2. The van der Waals surface area contributed by atoms with Gasteiger partial charge in [-0.2, -0.15) is 0 Å². The molecule has 7 heterocycles. The molecule has 11 heteroatoms. The van der Waals surface area contributed by atoms with Crippen LogP contribution in [-0.4, -0.2) is 28.4 Å². The number of para-hydroxylation sites is 9. The first-order valence-corrected chi connectivity index (χ1v) is 36.2. The molecular formula is C93H62B2N8S. The van der Waals surface area contributed by atoms with Crippen molar-refractivity contribution >= 4 is 143 Å². The van der Waals surface area contributed by atoms with E-state index in [0.717, 1.165) is 135 Å². The van der Waals surface area contributed by atoms with Gasteiger partial charge in [0.15, 0.2) is 0 Å². The van der Waals surface area contributed by atoms with Gasteiger partial charge in [-0.25, -0.2) is 0 Å². The third-order valence-corrected chi connectivity index (χ3v) is 21.9. The molecule has 4 aliphatic rings. The van der Waals surface area contributed by atoms with Gasteiger partial charge >= 0.3 is 0 Å². The standard InChI is InChI=1S/C93H62B2N8S/c1-6-31-63(32-7-1)70-43-30-44-73(80-49-26-29-56-98-80)93(70)103-85-62-89-77(61-76(85)94-74-45-18-22-52-83(74)101(67-39-14-5-15-40-67)86-57-68(58-87(103)91(86)94)99(64-33-8-2-9-34-64)65-35-10-3-11-36-65)95-75-46-19-23-53-84(75)102(82-51-21-17-42-72(82)79-48-25-28-55-97-79)88-59-69(60-90(104-89)92(88)95)100(66-37-12-4-13-38-66)81-50-20-16-41-71(81)78-47-24-27-54-96-78/h1-62H. The Morgan fingerprint density at radius 1 is 0.260 bits per heavy atom. The van der Waals surface area contributed by atoms with Gasteiger partial charge in [-0.15, -0.1) is 0 Å². The summed E-state index contributed by atoms with van der Waals surface area (Å²) < 4.78 is 0. The Hall–Kier alpha value is -13.2. The van der Waals surface area contributed by atoms with E-state index in [1.807, 2.05) is 48.6 Å². The summed E-state index contributed by atoms with van der Waals surface area (Å²) in [4.78, 5) is 30.2. The number of anilines is 15. The molecule has 0 amide bonds. The summed E-state index contributed by atoms with van der Waals surface area (Å²) in [5, 5.41) is 0. The fourth-order valence-electron chi connectivity index (χ4n) is 16.5. The monoisotopic (exact) mass is 1340 g/mol. The Labute approximate surface area is 609 Å². The highest BCUT2D eigenvalue weighted by Crippen LogP contribution is 2.55. The lowest BCUT2D eigenvalue weighted by Gasteiger charge is -2.46. The number of hydrogen-bond donors (Lipinski definition) is 0. The number of rotatable bonds is 13. The van der Waals surface area contributed by atoms with Crippen LogP contribution in [0.3, 0.4) is 0 Å². The van der Waals surface area contributed by atoms with Gasteiger partial charge in [-0.05, 0) is 172 Å². The van der Waals surface area contributed by atoms with Crippen LogP contribution < -0.4 is 57.3 Å². The molecule has 0 fully saturated rings.